The fraction of sp³-hybridized carbons (Fsp3) is 0.692. The smallest absolute Gasteiger partial charge is 0.201 e. The van der Waals surface area contributed by atoms with Crippen LogP contribution in [0.4, 0.5) is 8.78 Å². The van der Waals surface area contributed by atoms with Crippen molar-refractivity contribution >= 4 is 11.8 Å². The molecule has 0 amide bonds. The maximum Gasteiger partial charge on any atom is 0.201 e. The predicted octanol–water partition coefficient (Wildman–Crippen LogP) is 12.9. The van der Waals surface area contributed by atoms with E-state index in [4.69, 9.17) is 4.74 Å². The predicted molar refractivity (Wildman–Crippen MR) is 184 cm³/mol. The minimum absolute atomic E-state index is 0.0147. The van der Waals surface area contributed by atoms with Gasteiger partial charge < -0.3 is 4.74 Å². The molecule has 1 nitrogen and oxygen atoms in total. The summed E-state index contributed by atoms with van der Waals surface area (Å²) in [7, 11) is 0. The van der Waals surface area contributed by atoms with Gasteiger partial charge in [-0.3, -0.25) is 0 Å². The second-order valence-corrected chi connectivity index (χ2v) is 16.6. The number of halogens is 2. The van der Waals surface area contributed by atoms with Crippen LogP contribution in [0, 0.1) is 34.3 Å². The highest BCUT2D eigenvalue weighted by Crippen LogP contribution is 2.40. The molecule has 1 unspecified atom stereocenters. The number of unbranched alkanes of at least 4 members (excludes halogenated alkanes) is 3. The molecule has 3 rings (SSSR count). The summed E-state index contributed by atoms with van der Waals surface area (Å²) in [4.78, 5) is 0. The highest BCUT2D eigenvalue weighted by Gasteiger charge is 2.28. The highest BCUT2D eigenvalue weighted by molar-refractivity contribution is 7.99. The maximum absolute atomic E-state index is 15.0. The van der Waals surface area contributed by atoms with Gasteiger partial charge in [-0.2, -0.15) is 16.2 Å². The fourth-order valence-electron chi connectivity index (χ4n) is 6.74. The lowest BCUT2D eigenvalue weighted by Crippen LogP contribution is -2.26. The quantitative estimate of drug-likeness (QED) is 0.174. The molecule has 0 aromatic heterocycles. The average Bonchev–Trinajstić information content (AvgIpc) is 2.95. The van der Waals surface area contributed by atoms with Gasteiger partial charge >= 0.3 is 0 Å². The van der Waals surface area contributed by atoms with E-state index in [0.717, 1.165) is 31.1 Å². The molecule has 2 aromatic carbocycles. The molecule has 0 spiro atoms. The summed E-state index contributed by atoms with van der Waals surface area (Å²) < 4.78 is 35.6. The van der Waals surface area contributed by atoms with E-state index in [0.29, 0.717) is 34.5 Å². The van der Waals surface area contributed by atoms with Crippen LogP contribution in [0.2, 0.25) is 0 Å². The highest BCUT2D eigenvalue weighted by atomic mass is 32.2. The van der Waals surface area contributed by atoms with Crippen molar-refractivity contribution in [1.29, 1.82) is 0 Å². The molecule has 1 saturated carbocycles. The van der Waals surface area contributed by atoms with Crippen LogP contribution in [-0.2, 0) is 0 Å². The first-order valence-electron chi connectivity index (χ1n) is 17.2. The molecule has 0 N–H and O–H groups in total. The molecule has 0 radical (unpaired) electrons. The fourth-order valence-corrected chi connectivity index (χ4v) is 7.81. The van der Waals surface area contributed by atoms with Crippen LogP contribution in [0.25, 0.3) is 11.1 Å². The lowest BCUT2D eigenvalue weighted by molar-refractivity contribution is 0.161. The van der Waals surface area contributed by atoms with Gasteiger partial charge in [-0.25, -0.2) is 4.39 Å². The van der Waals surface area contributed by atoms with Crippen LogP contribution in [0.5, 0.6) is 5.75 Å². The summed E-state index contributed by atoms with van der Waals surface area (Å²) in [5, 5.41) is 0. The van der Waals surface area contributed by atoms with Gasteiger partial charge in [-0.05, 0) is 115 Å². The molecule has 43 heavy (non-hydrogen) atoms. The topological polar surface area (TPSA) is 9.23 Å². The molecule has 0 aliphatic heterocycles. The van der Waals surface area contributed by atoms with Crippen LogP contribution in [-0.4, -0.2) is 18.1 Å². The summed E-state index contributed by atoms with van der Waals surface area (Å²) in [6, 6.07) is 11.3. The number of thioether (sulfide) groups is 1. The van der Waals surface area contributed by atoms with Crippen LogP contribution < -0.4 is 4.74 Å². The number of rotatable bonds is 16. The Morgan fingerprint density at radius 1 is 0.814 bits per heavy atom. The van der Waals surface area contributed by atoms with Crippen LogP contribution in [0.3, 0.4) is 0 Å². The van der Waals surface area contributed by atoms with Crippen LogP contribution in [0.1, 0.15) is 137 Å². The van der Waals surface area contributed by atoms with Gasteiger partial charge in [0.25, 0.3) is 0 Å². The lowest BCUT2D eigenvalue weighted by atomic mass is 9.71. The van der Waals surface area contributed by atoms with Gasteiger partial charge in [0.1, 0.15) is 0 Å². The van der Waals surface area contributed by atoms with Crippen molar-refractivity contribution in [3.8, 4) is 16.9 Å². The second kappa shape index (κ2) is 17.2. The first-order chi connectivity index (χ1) is 20.4. The van der Waals surface area contributed by atoms with Crippen molar-refractivity contribution in [2.45, 2.75) is 131 Å². The van der Waals surface area contributed by atoms with Crippen molar-refractivity contribution in [1.82, 2.24) is 0 Å². The molecule has 4 heteroatoms. The Morgan fingerprint density at radius 3 is 2.12 bits per heavy atom. The monoisotopic (exact) mass is 614 g/mol. The molecular weight excluding hydrogens is 554 g/mol. The van der Waals surface area contributed by atoms with Gasteiger partial charge in [0.05, 0.1) is 6.61 Å². The second-order valence-electron chi connectivity index (χ2n) is 15.4. The third kappa shape index (κ3) is 12.0. The third-order valence-corrected chi connectivity index (χ3v) is 10.5. The van der Waals surface area contributed by atoms with E-state index in [1.54, 1.807) is 12.1 Å². The summed E-state index contributed by atoms with van der Waals surface area (Å²) in [5.41, 5.74) is 3.07. The first-order valence-corrected chi connectivity index (χ1v) is 18.3. The number of ether oxygens (including phenoxy) is 1. The molecule has 0 saturated heterocycles. The van der Waals surface area contributed by atoms with Gasteiger partial charge in [0.2, 0.25) is 5.82 Å². The lowest BCUT2D eigenvalue weighted by Gasteiger charge is -2.35. The van der Waals surface area contributed by atoms with Gasteiger partial charge in [0, 0.05) is 5.56 Å². The zero-order valence-electron chi connectivity index (χ0n) is 28.4. The van der Waals surface area contributed by atoms with Gasteiger partial charge in [-0.15, -0.1) is 0 Å². The molecule has 0 bridgehead atoms. The van der Waals surface area contributed by atoms with E-state index in [1.165, 1.54) is 74.9 Å². The summed E-state index contributed by atoms with van der Waals surface area (Å²) in [6.07, 6.45) is 14.5. The first kappa shape index (κ1) is 35.9. The molecule has 1 aliphatic carbocycles. The molecule has 2 aromatic rings. The van der Waals surface area contributed by atoms with Crippen LogP contribution >= 0.6 is 11.8 Å². The minimum Gasteiger partial charge on any atom is -0.490 e. The number of benzene rings is 2. The van der Waals surface area contributed by atoms with E-state index in [9.17, 15) is 4.39 Å². The Hall–Kier alpha value is -1.55. The molecule has 242 valence electrons. The third-order valence-electron chi connectivity index (χ3n) is 9.42. The van der Waals surface area contributed by atoms with Crippen molar-refractivity contribution in [2.24, 2.45) is 22.7 Å². The molecule has 0 heterocycles. The Bertz CT molecular complexity index is 1070. The Labute approximate surface area is 267 Å². The SMILES string of the molecule is CCCC1CCC(c2ccc(-c3ccc(OCCCCCCSCCC(CC(C)(C)C)C(C)(C)C)c(F)c3F)cc2)CC1. The molecule has 1 fully saturated rings. The summed E-state index contributed by atoms with van der Waals surface area (Å²) >= 11 is 2.07. The summed E-state index contributed by atoms with van der Waals surface area (Å²) in [5.74, 6) is 2.95. The normalized spacial score (nSPS) is 18.5. The van der Waals surface area contributed by atoms with Crippen molar-refractivity contribution in [2.75, 3.05) is 18.1 Å². The summed E-state index contributed by atoms with van der Waals surface area (Å²) in [6.45, 7) is 16.9. The van der Waals surface area contributed by atoms with E-state index in [2.05, 4.69) is 72.4 Å². The van der Waals surface area contributed by atoms with E-state index in [-0.39, 0.29) is 5.75 Å². The average molecular weight is 615 g/mol. The van der Waals surface area contributed by atoms with Crippen molar-refractivity contribution in [3.05, 3.63) is 53.6 Å². The molecule has 1 aliphatic rings. The molecular formula is C39H60F2OS. The Morgan fingerprint density at radius 2 is 1.49 bits per heavy atom. The Balaban J connectivity index is 1.35. The van der Waals surface area contributed by atoms with Gasteiger partial charge in [-0.1, -0.05) is 98.4 Å². The zero-order valence-corrected chi connectivity index (χ0v) is 29.2. The maximum atomic E-state index is 15.0. The standard InChI is InChI=1S/C39H60F2OS/c1-8-13-29-14-16-30(17-15-29)31-18-20-32(21-19-31)34-22-23-35(37(41)36(34)40)42-25-11-9-10-12-26-43-27-24-33(39(5,6)7)28-38(2,3)4/h18-23,29-30,33H,8-17,24-28H2,1-7H3. The number of hydrogen-bond donors (Lipinski definition) is 0. The van der Waals surface area contributed by atoms with Crippen molar-refractivity contribution in [3.63, 3.8) is 0 Å². The largest absolute Gasteiger partial charge is 0.490 e. The minimum atomic E-state index is -0.882. The molecule has 1 atom stereocenters. The van der Waals surface area contributed by atoms with E-state index < -0.39 is 11.6 Å². The van der Waals surface area contributed by atoms with E-state index >= 15 is 4.39 Å². The van der Waals surface area contributed by atoms with E-state index in [1.807, 2.05) is 12.1 Å². The van der Waals surface area contributed by atoms with Gasteiger partial charge in [0.15, 0.2) is 11.6 Å². The van der Waals surface area contributed by atoms with Crippen molar-refractivity contribution < 1.29 is 13.5 Å². The number of hydrogen-bond acceptors (Lipinski definition) is 2. The zero-order chi connectivity index (χ0) is 31.5. The van der Waals surface area contributed by atoms with Crippen LogP contribution in [0.15, 0.2) is 36.4 Å². The Kier molecular flexibility index (Phi) is 14.4.